The highest BCUT2D eigenvalue weighted by Gasteiger charge is 2.20. The summed E-state index contributed by atoms with van der Waals surface area (Å²) in [5.74, 6) is 6.28. The minimum atomic E-state index is -0.481. The van der Waals surface area contributed by atoms with Crippen molar-refractivity contribution in [2.45, 2.75) is 17.3 Å². The number of rotatable bonds is 5. The van der Waals surface area contributed by atoms with E-state index in [1.54, 1.807) is 43.5 Å². The Labute approximate surface area is 163 Å². The van der Waals surface area contributed by atoms with E-state index in [1.807, 2.05) is 6.07 Å². The number of hydrogen-bond donors (Lipinski definition) is 2. The maximum atomic E-state index is 12.4. The molecule has 3 aromatic rings. The van der Waals surface area contributed by atoms with Crippen LogP contribution < -0.4 is 11.2 Å². The third-order valence-electron chi connectivity index (χ3n) is 3.42. The molecule has 0 unspecified atom stereocenters. The monoisotopic (exact) mass is 408 g/mol. The fraction of sp³-hybridized carbons (Fsp3) is 0.125. The van der Waals surface area contributed by atoms with Crippen molar-refractivity contribution in [3.05, 3.63) is 52.8 Å². The Bertz CT molecular complexity index is 948. The molecule has 7 nitrogen and oxygen atoms in total. The molecule has 3 N–H and O–H groups in total. The molecule has 2 aromatic heterocycles. The Balaban J connectivity index is 1.73. The number of carbonyl (C=O) groups is 1. The van der Waals surface area contributed by atoms with Gasteiger partial charge in [0, 0.05) is 16.8 Å². The van der Waals surface area contributed by atoms with Gasteiger partial charge >= 0.3 is 0 Å². The molecule has 1 aromatic carbocycles. The molecule has 0 aliphatic heterocycles. The van der Waals surface area contributed by atoms with E-state index in [1.165, 1.54) is 16.4 Å². The number of nitrogens with zero attached hydrogens (tertiary/aromatic N) is 4. The number of amides is 1. The van der Waals surface area contributed by atoms with Crippen LogP contribution in [0.1, 0.15) is 6.92 Å². The maximum Gasteiger partial charge on any atom is 0.237 e. The summed E-state index contributed by atoms with van der Waals surface area (Å²) in [5.41, 5.74) is 1.18. The van der Waals surface area contributed by atoms with Crippen molar-refractivity contribution < 1.29 is 4.79 Å². The molecular formula is C16H14Cl2N6OS. The van der Waals surface area contributed by atoms with Crippen molar-refractivity contribution in [1.82, 2.24) is 19.9 Å². The number of hydrogen-bond acceptors (Lipinski definition) is 6. The highest BCUT2D eigenvalue weighted by molar-refractivity contribution is 8.00. The number of nitrogens with one attached hydrogen (secondary N) is 1. The molecule has 0 aliphatic rings. The summed E-state index contributed by atoms with van der Waals surface area (Å²) >= 11 is 13.1. The standard InChI is InChI=1S/C16H14Cl2N6OS/c1-9(15(25)21-12-6-3-7-20-13(12)18)26-16-23-22-14(24(16)19)10-4-2-5-11(17)8-10/h2-9H,19H2,1H3,(H,21,25)/t9-/m0/s1. The van der Waals surface area contributed by atoms with E-state index in [-0.39, 0.29) is 11.1 Å². The second-order valence-corrected chi connectivity index (χ2v) is 7.38. The molecule has 1 amide bonds. The number of carbonyl (C=O) groups excluding carboxylic acids is 1. The zero-order valence-corrected chi connectivity index (χ0v) is 15.9. The van der Waals surface area contributed by atoms with Crippen molar-refractivity contribution >= 4 is 46.6 Å². The van der Waals surface area contributed by atoms with Crippen molar-refractivity contribution in [3.63, 3.8) is 0 Å². The number of anilines is 1. The van der Waals surface area contributed by atoms with Gasteiger partial charge in [0.25, 0.3) is 0 Å². The second-order valence-electron chi connectivity index (χ2n) is 5.28. The average Bonchev–Trinajstić information content (AvgIpc) is 2.97. The molecule has 0 radical (unpaired) electrons. The van der Waals surface area contributed by atoms with E-state index >= 15 is 0 Å². The lowest BCUT2D eigenvalue weighted by Crippen LogP contribution is -2.24. The molecule has 0 saturated heterocycles. The van der Waals surface area contributed by atoms with Gasteiger partial charge in [0.2, 0.25) is 11.1 Å². The highest BCUT2D eigenvalue weighted by Crippen LogP contribution is 2.27. The predicted octanol–water partition coefficient (Wildman–Crippen LogP) is 3.48. The van der Waals surface area contributed by atoms with Crippen LogP contribution in [0.3, 0.4) is 0 Å². The third kappa shape index (κ3) is 4.09. The van der Waals surface area contributed by atoms with Gasteiger partial charge < -0.3 is 11.2 Å². The first-order chi connectivity index (χ1) is 12.5. The Kier molecular flexibility index (Phi) is 5.65. The highest BCUT2D eigenvalue weighted by atomic mass is 35.5. The number of benzene rings is 1. The minimum absolute atomic E-state index is 0.225. The first kappa shape index (κ1) is 18.5. The Morgan fingerprint density at radius 3 is 2.81 bits per heavy atom. The van der Waals surface area contributed by atoms with Crippen LogP contribution in [0.15, 0.2) is 47.8 Å². The Morgan fingerprint density at radius 2 is 2.08 bits per heavy atom. The lowest BCUT2D eigenvalue weighted by Gasteiger charge is -2.12. The summed E-state index contributed by atoms with van der Waals surface area (Å²) < 4.78 is 1.33. The summed E-state index contributed by atoms with van der Waals surface area (Å²) in [5, 5.41) is 11.6. The van der Waals surface area contributed by atoms with Crippen LogP contribution in [-0.4, -0.2) is 31.0 Å². The number of thioether (sulfide) groups is 1. The second kappa shape index (κ2) is 7.94. The first-order valence-electron chi connectivity index (χ1n) is 7.50. The van der Waals surface area contributed by atoms with Gasteiger partial charge in [-0.1, -0.05) is 47.1 Å². The topological polar surface area (TPSA) is 98.7 Å². The lowest BCUT2D eigenvalue weighted by atomic mass is 10.2. The number of pyridine rings is 1. The van der Waals surface area contributed by atoms with Gasteiger partial charge in [0.15, 0.2) is 11.0 Å². The van der Waals surface area contributed by atoms with Gasteiger partial charge in [-0.2, -0.15) is 0 Å². The summed E-state index contributed by atoms with van der Waals surface area (Å²) in [4.78, 5) is 16.3. The van der Waals surface area contributed by atoms with E-state index in [2.05, 4.69) is 20.5 Å². The molecule has 26 heavy (non-hydrogen) atoms. The number of aromatic nitrogens is 4. The summed E-state index contributed by atoms with van der Waals surface area (Å²) in [6.07, 6.45) is 1.55. The van der Waals surface area contributed by atoms with Crippen LogP contribution in [0.5, 0.6) is 0 Å². The SMILES string of the molecule is C[C@H](Sc1nnc(-c2cccc(Cl)c2)n1N)C(=O)Nc1cccnc1Cl. The summed E-state index contributed by atoms with van der Waals surface area (Å²) in [6, 6.07) is 10.5. The van der Waals surface area contributed by atoms with Crippen LogP contribution in [0.4, 0.5) is 5.69 Å². The zero-order valence-electron chi connectivity index (χ0n) is 13.6. The molecule has 0 spiro atoms. The maximum absolute atomic E-state index is 12.4. The quantitative estimate of drug-likeness (QED) is 0.380. The Hall–Kier alpha value is -2.29. The van der Waals surface area contributed by atoms with Gasteiger partial charge in [-0.3, -0.25) is 4.79 Å². The Morgan fingerprint density at radius 1 is 1.27 bits per heavy atom. The first-order valence-corrected chi connectivity index (χ1v) is 9.13. The van der Waals surface area contributed by atoms with Crippen molar-refractivity contribution in [2.75, 3.05) is 11.2 Å². The normalized spacial score (nSPS) is 12.0. The van der Waals surface area contributed by atoms with Crippen LogP contribution in [-0.2, 0) is 4.79 Å². The van der Waals surface area contributed by atoms with Crippen molar-refractivity contribution in [2.24, 2.45) is 0 Å². The summed E-state index contributed by atoms with van der Waals surface area (Å²) in [6.45, 7) is 1.73. The lowest BCUT2D eigenvalue weighted by molar-refractivity contribution is -0.115. The van der Waals surface area contributed by atoms with Crippen molar-refractivity contribution in [1.29, 1.82) is 0 Å². The molecule has 0 saturated carbocycles. The van der Waals surface area contributed by atoms with Crippen molar-refractivity contribution in [3.8, 4) is 11.4 Å². The van der Waals surface area contributed by atoms with E-state index < -0.39 is 5.25 Å². The van der Waals surface area contributed by atoms with Gasteiger partial charge in [-0.25, -0.2) is 9.66 Å². The molecule has 134 valence electrons. The van der Waals surface area contributed by atoms with Crippen LogP contribution in [0.25, 0.3) is 11.4 Å². The van der Waals surface area contributed by atoms with Crippen LogP contribution in [0.2, 0.25) is 10.2 Å². The molecule has 1 atom stereocenters. The fourth-order valence-electron chi connectivity index (χ4n) is 2.11. The number of nitrogens with two attached hydrogens (primary N) is 1. The fourth-order valence-corrected chi connectivity index (χ4v) is 3.23. The minimum Gasteiger partial charge on any atom is -0.335 e. The smallest absolute Gasteiger partial charge is 0.237 e. The molecule has 0 aliphatic carbocycles. The van der Waals surface area contributed by atoms with Gasteiger partial charge in [0.05, 0.1) is 10.9 Å². The van der Waals surface area contributed by atoms with E-state index in [9.17, 15) is 4.79 Å². The van der Waals surface area contributed by atoms with Crippen LogP contribution >= 0.6 is 35.0 Å². The average molecular weight is 409 g/mol. The van der Waals surface area contributed by atoms with E-state index in [4.69, 9.17) is 29.0 Å². The molecule has 0 fully saturated rings. The van der Waals surface area contributed by atoms with E-state index in [0.717, 1.165) is 5.56 Å². The van der Waals surface area contributed by atoms with Gasteiger partial charge in [0.1, 0.15) is 0 Å². The molecule has 0 bridgehead atoms. The van der Waals surface area contributed by atoms with Crippen LogP contribution in [0, 0.1) is 0 Å². The number of nitrogen functional groups attached to an aromatic ring is 1. The molecular weight excluding hydrogens is 395 g/mol. The predicted molar refractivity (Wildman–Crippen MR) is 104 cm³/mol. The molecule has 3 rings (SSSR count). The zero-order chi connectivity index (χ0) is 18.7. The largest absolute Gasteiger partial charge is 0.335 e. The summed E-state index contributed by atoms with van der Waals surface area (Å²) in [7, 11) is 0. The molecule has 2 heterocycles. The van der Waals surface area contributed by atoms with Gasteiger partial charge in [-0.05, 0) is 31.2 Å². The van der Waals surface area contributed by atoms with Gasteiger partial charge in [-0.15, -0.1) is 10.2 Å². The molecule has 10 heteroatoms. The third-order valence-corrected chi connectivity index (χ3v) is 5.01. The number of halogens is 2. The van der Waals surface area contributed by atoms with E-state index in [0.29, 0.717) is 21.7 Å².